The number of aldehydes is 1. The summed E-state index contributed by atoms with van der Waals surface area (Å²) in [4.78, 5) is 74.7. The number of nitrogen functional groups attached to an aromatic ring is 1. The molecule has 0 amide bonds. The molecule has 0 saturated carbocycles. The van der Waals surface area contributed by atoms with E-state index >= 15 is 0 Å². The molecule has 8 aromatic rings. The van der Waals surface area contributed by atoms with Crippen LogP contribution in [-0.4, -0.2) is 60.5 Å². The molecule has 0 spiro atoms. The number of hydrogen-bond acceptors (Lipinski definition) is 12. The Morgan fingerprint density at radius 2 is 1.09 bits per heavy atom. The number of carboxylic acid groups (broad SMARTS) is 2. The fourth-order valence-electron chi connectivity index (χ4n) is 5.61. The fourth-order valence-corrected chi connectivity index (χ4v) is 5.61. The summed E-state index contributed by atoms with van der Waals surface area (Å²) in [5, 5.41) is 34.4. The number of nitrogens with one attached hydrogen (secondary N) is 3. The number of aromatic amines is 1. The van der Waals surface area contributed by atoms with Crippen molar-refractivity contribution in [1.29, 1.82) is 5.26 Å². The Balaban J connectivity index is 0. The van der Waals surface area contributed by atoms with Crippen LogP contribution in [0.25, 0.3) is 26.8 Å². The van der Waals surface area contributed by atoms with E-state index in [9.17, 15) is 33.9 Å². The van der Waals surface area contributed by atoms with Gasteiger partial charge in [0, 0.05) is 33.5 Å². The zero-order valence-electron chi connectivity index (χ0n) is 44.5. The molecule has 0 unspecified atom stereocenters. The van der Waals surface area contributed by atoms with Crippen molar-refractivity contribution in [3.8, 4) is 23.1 Å². The van der Waals surface area contributed by atoms with E-state index in [1.165, 1.54) is 35.9 Å². The maximum absolute atomic E-state index is 11.9. The molecule has 7 N–H and O–H groups in total. The number of hydrogen-bond donors (Lipinski definition) is 6. The normalized spacial score (nSPS) is 8.99. The highest BCUT2D eigenvalue weighted by Gasteiger charge is 2.14. The highest BCUT2D eigenvalue weighted by atomic mass is 35.5. The van der Waals surface area contributed by atoms with Crippen LogP contribution < -0.4 is 22.4 Å². The van der Waals surface area contributed by atoms with E-state index in [4.69, 9.17) is 29.4 Å². The first-order valence-corrected chi connectivity index (χ1v) is 24.0. The van der Waals surface area contributed by atoms with Gasteiger partial charge in [0.05, 0.1) is 36.2 Å². The molecule has 19 heteroatoms. The van der Waals surface area contributed by atoms with Crippen molar-refractivity contribution >= 4 is 70.7 Å². The molecule has 0 fully saturated rings. The molecule has 7 aromatic carbocycles. The molecule has 18 nitrogen and oxygen atoms in total. The van der Waals surface area contributed by atoms with Gasteiger partial charge in [-0.1, -0.05) is 188 Å². The SMILES string of the molecule is C.CC.CC.CC.Cl.N#Cc1ccc(/C(=N/Nc2ccccc2)C(=O)O)cc1.NNc1ccccc1.O=Cc1ccc(-c2nn(-c3ccccc3)c(=O)[nH]2)cc1.[C-]#[N+]c1ccc(C(=O)C(=O)O)cc1.[C-]#[N+]c1ccc(C(C)=O)cc1. The van der Waals surface area contributed by atoms with E-state index in [2.05, 4.69) is 35.7 Å². The van der Waals surface area contributed by atoms with E-state index in [0.29, 0.717) is 50.8 Å². The predicted molar refractivity (Wildman–Crippen MR) is 320 cm³/mol. The fraction of sp³-hybridized carbons (Fsp3) is 0.131. The Bertz CT molecular complexity index is 3300. The molecule has 0 aliphatic carbocycles. The molecule has 1 heterocycles. The number of carbonyl (C=O) groups is 5. The number of benzene rings is 7. The van der Waals surface area contributed by atoms with Crippen LogP contribution in [0.15, 0.2) is 198 Å². The second kappa shape index (κ2) is 41.6. The third-order valence-electron chi connectivity index (χ3n) is 9.30. The van der Waals surface area contributed by atoms with Gasteiger partial charge in [-0.3, -0.25) is 30.6 Å². The largest absolute Gasteiger partial charge is 0.476 e. The lowest BCUT2D eigenvalue weighted by molar-refractivity contribution is -0.132. The first-order valence-electron chi connectivity index (χ1n) is 24.0. The van der Waals surface area contributed by atoms with Gasteiger partial charge in [0.1, 0.15) is 6.29 Å². The van der Waals surface area contributed by atoms with Crippen molar-refractivity contribution < 1.29 is 34.2 Å². The van der Waals surface area contributed by atoms with Gasteiger partial charge in [-0.25, -0.2) is 24.1 Å². The van der Waals surface area contributed by atoms with Gasteiger partial charge in [-0.05, 0) is 55.5 Å². The Morgan fingerprint density at radius 1 is 0.650 bits per heavy atom. The summed E-state index contributed by atoms with van der Waals surface area (Å²) in [6, 6.07) is 54.9. The number of H-pyrrole nitrogens is 1. The first-order chi connectivity index (χ1) is 37.8. The van der Waals surface area contributed by atoms with Gasteiger partial charge in [0.15, 0.2) is 28.7 Å². The van der Waals surface area contributed by atoms with E-state index in [1.807, 2.05) is 126 Å². The van der Waals surface area contributed by atoms with Gasteiger partial charge < -0.3 is 15.6 Å². The van der Waals surface area contributed by atoms with E-state index in [1.54, 1.807) is 84.9 Å². The van der Waals surface area contributed by atoms with Crippen molar-refractivity contribution in [1.82, 2.24) is 14.8 Å². The van der Waals surface area contributed by atoms with Gasteiger partial charge in [-0.2, -0.15) is 15.0 Å². The van der Waals surface area contributed by atoms with Crippen LogP contribution in [0.2, 0.25) is 0 Å². The first kappa shape index (κ1) is 71.5. The number of nitriles is 1. The summed E-state index contributed by atoms with van der Waals surface area (Å²) in [6.45, 7) is 26.8. The summed E-state index contributed by atoms with van der Waals surface area (Å²) in [7, 11) is 0. The van der Waals surface area contributed by atoms with Gasteiger partial charge in [-0.15, -0.1) is 17.5 Å². The van der Waals surface area contributed by atoms with Crippen LogP contribution in [0.1, 0.15) is 98.1 Å². The van der Waals surface area contributed by atoms with Crippen molar-refractivity contribution in [2.24, 2.45) is 10.9 Å². The minimum atomic E-state index is -1.49. The van der Waals surface area contributed by atoms with Crippen LogP contribution in [0.3, 0.4) is 0 Å². The zero-order chi connectivity index (χ0) is 58.3. The Kier molecular flexibility index (Phi) is 37.2. The lowest BCUT2D eigenvalue weighted by atomic mass is 10.1. The molecule has 0 saturated heterocycles. The number of carbonyl (C=O) groups excluding carboxylic acids is 3. The smallest absolute Gasteiger partial charge is 0.377 e. The third-order valence-corrected chi connectivity index (χ3v) is 9.30. The Morgan fingerprint density at radius 3 is 1.48 bits per heavy atom. The zero-order valence-corrected chi connectivity index (χ0v) is 45.3. The molecule has 8 rings (SSSR count). The number of ketones is 2. The van der Waals surface area contributed by atoms with Crippen molar-refractivity contribution in [3.05, 3.63) is 249 Å². The number of hydrazone groups is 1. The van der Waals surface area contributed by atoms with Gasteiger partial charge >= 0.3 is 17.6 Å². The second-order valence-corrected chi connectivity index (χ2v) is 14.2. The van der Waals surface area contributed by atoms with Crippen LogP contribution in [-0.2, 0) is 9.59 Å². The number of rotatable bonds is 11. The lowest BCUT2D eigenvalue weighted by Crippen LogP contribution is -2.16. The molecular formula is C61H65ClN10O8. The van der Waals surface area contributed by atoms with Gasteiger partial charge in [0.2, 0.25) is 0 Å². The van der Waals surface area contributed by atoms with Crippen LogP contribution >= 0.6 is 12.4 Å². The monoisotopic (exact) mass is 1100 g/mol. The topological polar surface area (TPSA) is 271 Å². The van der Waals surface area contributed by atoms with E-state index in [0.717, 1.165) is 17.5 Å². The van der Waals surface area contributed by atoms with Crippen molar-refractivity contribution in [2.45, 2.75) is 55.9 Å². The van der Waals surface area contributed by atoms with Gasteiger partial charge in [0.25, 0.3) is 5.78 Å². The number of para-hydroxylation sites is 3. The molecular weight excluding hydrogens is 1040 g/mol. The molecule has 80 heavy (non-hydrogen) atoms. The predicted octanol–water partition coefficient (Wildman–Crippen LogP) is 13.6. The standard InChI is InChI=1S/2C15H11N3O2.C9H5NO3.C9H7NO.C6H8N2.3C2H6.CH4.ClH/c19-10-11-6-8-12(9-7-11)14-16-15(20)18(17-14)13-4-2-1-3-5-13;16-10-11-6-8-12(9-7-11)14(15(19)20)18-17-13-4-2-1-3-5-13;1-10-7-4-2-6(3-5-7)8(11)9(12)13;1-7(11)8-3-5-9(10-2)6-4-8;7-8-6-4-2-1-3-5-6;3*1-2;;/h1-10H,(H,16,17,20);1-9,17H,(H,19,20);2-5H,(H,12,13);3-6H,1H3;1-5,8H,7H2;3*1-2H3;1H4;1H/b;18-14-;;;;;;;;. The number of nitrogens with zero attached hydrogens (tertiary/aromatic N) is 6. The maximum atomic E-state index is 11.9. The number of Topliss-reactive ketones (excluding diaryl/α,β-unsaturated/α-hetero) is 2. The number of nitrogens with two attached hydrogens (primary N) is 1. The Labute approximate surface area is 472 Å². The highest BCUT2D eigenvalue weighted by Crippen LogP contribution is 2.16. The quantitative estimate of drug-likeness (QED) is 0.0134. The molecule has 0 aliphatic rings. The number of hydrazine groups is 1. The number of halogens is 1. The summed E-state index contributed by atoms with van der Waals surface area (Å²) in [5.74, 6) is 2.01. The second-order valence-electron chi connectivity index (χ2n) is 14.2. The molecule has 414 valence electrons. The summed E-state index contributed by atoms with van der Waals surface area (Å²) in [5.41, 5.74) is 11.0. The van der Waals surface area contributed by atoms with Crippen LogP contribution in [0.4, 0.5) is 22.7 Å². The number of anilines is 2. The van der Waals surface area contributed by atoms with Crippen LogP contribution in [0.5, 0.6) is 0 Å². The van der Waals surface area contributed by atoms with Crippen molar-refractivity contribution in [2.75, 3.05) is 10.9 Å². The number of aliphatic carboxylic acids is 2. The summed E-state index contributed by atoms with van der Waals surface area (Å²) < 4.78 is 1.31. The number of carboxylic acids is 2. The molecule has 0 radical (unpaired) electrons. The van der Waals surface area contributed by atoms with Crippen molar-refractivity contribution in [3.63, 3.8) is 0 Å². The molecule has 1 aromatic heterocycles. The molecule has 0 aliphatic heterocycles. The summed E-state index contributed by atoms with van der Waals surface area (Å²) in [6.07, 6.45) is 0.773. The number of aromatic nitrogens is 3. The summed E-state index contributed by atoms with van der Waals surface area (Å²) >= 11 is 0. The maximum Gasteiger partial charge on any atom is 0.377 e. The van der Waals surface area contributed by atoms with E-state index in [-0.39, 0.29) is 42.6 Å². The molecule has 0 bridgehead atoms. The minimum absolute atomic E-state index is 0. The van der Waals surface area contributed by atoms with E-state index < -0.39 is 17.7 Å². The van der Waals surface area contributed by atoms with Crippen LogP contribution in [0, 0.1) is 24.5 Å². The Hall–Kier alpha value is -10.6. The highest BCUT2D eigenvalue weighted by molar-refractivity contribution is 6.42. The minimum Gasteiger partial charge on any atom is -0.476 e. The average Bonchev–Trinajstić information content (AvgIpc) is 3.91. The average molecular weight is 1100 g/mol. The molecule has 0 atom stereocenters. The third kappa shape index (κ3) is 25.3. The lowest BCUT2D eigenvalue weighted by Gasteiger charge is -2.04.